The first-order valence-corrected chi connectivity index (χ1v) is 4.15. The van der Waals surface area contributed by atoms with Crippen LogP contribution in [0.3, 0.4) is 0 Å². The van der Waals surface area contributed by atoms with Gasteiger partial charge in [0.05, 0.1) is 0 Å². The molecule has 0 amide bonds. The summed E-state index contributed by atoms with van der Waals surface area (Å²) in [5, 5.41) is 3.28. The van der Waals surface area contributed by atoms with Crippen molar-refractivity contribution in [3.63, 3.8) is 0 Å². The molecule has 0 bridgehead atoms. The molecule has 1 aliphatic rings. The molecule has 1 saturated heterocycles. The lowest BCUT2D eigenvalue weighted by Crippen LogP contribution is -2.24. The van der Waals surface area contributed by atoms with E-state index in [2.05, 4.69) is 16.3 Å². The van der Waals surface area contributed by atoms with Crippen LogP contribution in [0.2, 0.25) is 0 Å². The van der Waals surface area contributed by atoms with Gasteiger partial charge in [-0.1, -0.05) is 11.9 Å². The summed E-state index contributed by atoms with van der Waals surface area (Å²) < 4.78 is 3.30. The van der Waals surface area contributed by atoms with Crippen LogP contribution in [0.5, 0.6) is 0 Å². The summed E-state index contributed by atoms with van der Waals surface area (Å²) in [6.07, 6.45) is 3.35. The van der Waals surface area contributed by atoms with Crippen LogP contribution in [-0.4, -0.2) is 25.4 Å². The topological polar surface area (TPSA) is 24.1 Å². The van der Waals surface area contributed by atoms with E-state index >= 15 is 0 Å². The smallest absolute Gasteiger partial charge is 0.0308 e. The minimum Gasteiger partial charge on any atom is -0.315 e. The maximum Gasteiger partial charge on any atom is 0.0308 e. The van der Waals surface area contributed by atoms with Crippen molar-refractivity contribution in [3.05, 3.63) is 0 Å². The van der Waals surface area contributed by atoms with Gasteiger partial charge in [0.25, 0.3) is 0 Å². The van der Waals surface area contributed by atoms with E-state index in [0.717, 1.165) is 6.54 Å². The van der Waals surface area contributed by atoms with Gasteiger partial charge in [-0.25, -0.2) is 0 Å². The van der Waals surface area contributed by atoms with Crippen molar-refractivity contribution in [1.82, 2.24) is 10.0 Å². The van der Waals surface area contributed by atoms with Gasteiger partial charge >= 0.3 is 0 Å². The fraction of sp³-hybridized carbons (Fsp3) is 1.00. The molecule has 0 saturated carbocycles. The van der Waals surface area contributed by atoms with Gasteiger partial charge in [0.2, 0.25) is 0 Å². The predicted octanol–water partition coefficient (Wildman–Crippen LogP) is 0.216. The van der Waals surface area contributed by atoms with Gasteiger partial charge < -0.3 is 5.32 Å². The SMILES string of the molecule is CSN[C@H]1CCNC1. The fourth-order valence-electron chi connectivity index (χ4n) is 0.922. The Morgan fingerprint density at radius 1 is 1.75 bits per heavy atom. The van der Waals surface area contributed by atoms with Crippen LogP contribution in [0.1, 0.15) is 6.42 Å². The van der Waals surface area contributed by atoms with Crippen LogP contribution in [0.4, 0.5) is 0 Å². The molecule has 0 spiro atoms. The highest BCUT2D eigenvalue weighted by Gasteiger charge is 2.11. The molecule has 1 rings (SSSR count). The van der Waals surface area contributed by atoms with E-state index in [9.17, 15) is 0 Å². The average Bonchev–Trinajstić information content (AvgIpc) is 2.19. The van der Waals surface area contributed by atoms with Gasteiger partial charge in [-0.2, -0.15) is 0 Å². The minimum atomic E-state index is 0.713. The molecule has 1 fully saturated rings. The van der Waals surface area contributed by atoms with Crippen molar-refractivity contribution in [2.24, 2.45) is 0 Å². The predicted molar refractivity (Wildman–Crippen MR) is 37.9 cm³/mol. The molecule has 0 aromatic heterocycles. The molecule has 2 nitrogen and oxygen atoms in total. The summed E-state index contributed by atoms with van der Waals surface area (Å²) in [6, 6.07) is 0.713. The molecule has 0 unspecified atom stereocenters. The Labute approximate surface area is 54.6 Å². The maximum atomic E-state index is 3.30. The van der Waals surface area contributed by atoms with Gasteiger partial charge in [-0.05, 0) is 19.2 Å². The van der Waals surface area contributed by atoms with Crippen LogP contribution < -0.4 is 10.0 Å². The largest absolute Gasteiger partial charge is 0.315 e. The molecule has 48 valence electrons. The highest BCUT2D eigenvalue weighted by Crippen LogP contribution is 1.99. The minimum absolute atomic E-state index is 0.713. The fourth-order valence-corrected chi connectivity index (χ4v) is 1.46. The number of nitrogens with one attached hydrogen (secondary N) is 2. The summed E-state index contributed by atoms with van der Waals surface area (Å²) in [4.78, 5) is 0. The third-order valence-corrected chi connectivity index (χ3v) is 1.91. The monoisotopic (exact) mass is 132 g/mol. The Hall–Kier alpha value is 0.270. The first kappa shape index (κ1) is 6.39. The first-order valence-electron chi connectivity index (χ1n) is 2.92. The van der Waals surface area contributed by atoms with Crippen molar-refractivity contribution >= 4 is 11.9 Å². The van der Waals surface area contributed by atoms with Crippen molar-refractivity contribution < 1.29 is 0 Å². The van der Waals surface area contributed by atoms with Gasteiger partial charge in [-0.3, -0.25) is 4.72 Å². The van der Waals surface area contributed by atoms with Gasteiger partial charge in [0.1, 0.15) is 0 Å². The Kier molecular flexibility index (Phi) is 2.66. The van der Waals surface area contributed by atoms with E-state index in [1.54, 1.807) is 11.9 Å². The van der Waals surface area contributed by atoms with Crippen molar-refractivity contribution in [3.8, 4) is 0 Å². The third-order valence-electron chi connectivity index (χ3n) is 1.34. The quantitative estimate of drug-likeness (QED) is 0.525. The van der Waals surface area contributed by atoms with Crippen LogP contribution >= 0.6 is 11.9 Å². The van der Waals surface area contributed by atoms with Crippen LogP contribution in [-0.2, 0) is 0 Å². The average molecular weight is 132 g/mol. The first-order chi connectivity index (χ1) is 3.93. The summed E-state index contributed by atoms with van der Waals surface area (Å²) >= 11 is 1.71. The van der Waals surface area contributed by atoms with E-state index in [4.69, 9.17) is 0 Å². The van der Waals surface area contributed by atoms with E-state index in [1.807, 2.05) is 0 Å². The molecule has 1 aliphatic heterocycles. The van der Waals surface area contributed by atoms with Gasteiger partial charge in [0.15, 0.2) is 0 Å². The molecule has 0 radical (unpaired) electrons. The zero-order chi connectivity index (χ0) is 5.82. The lowest BCUT2D eigenvalue weighted by Gasteiger charge is -2.05. The Bertz CT molecular complexity index is 61.4. The van der Waals surface area contributed by atoms with Crippen LogP contribution in [0.15, 0.2) is 0 Å². The second kappa shape index (κ2) is 3.33. The van der Waals surface area contributed by atoms with Crippen LogP contribution in [0, 0.1) is 0 Å². The van der Waals surface area contributed by atoms with Crippen molar-refractivity contribution in [2.45, 2.75) is 12.5 Å². The highest BCUT2D eigenvalue weighted by atomic mass is 32.2. The van der Waals surface area contributed by atoms with E-state index in [-0.39, 0.29) is 0 Å². The molecule has 1 heterocycles. The molecule has 0 aromatic carbocycles. The molecule has 2 N–H and O–H groups in total. The van der Waals surface area contributed by atoms with Gasteiger partial charge in [0, 0.05) is 12.6 Å². The Morgan fingerprint density at radius 3 is 3.12 bits per heavy atom. The highest BCUT2D eigenvalue weighted by molar-refractivity contribution is 7.96. The zero-order valence-electron chi connectivity index (χ0n) is 5.11. The molecule has 0 aromatic rings. The molecule has 3 heteroatoms. The zero-order valence-corrected chi connectivity index (χ0v) is 5.92. The summed E-state index contributed by atoms with van der Waals surface area (Å²) in [5.41, 5.74) is 0. The second-order valence-electron chi connectivity index (χ2n) is 2.01. The third kappa shape index (κ3) is 1.65. The summed E-state index contributed by atoms with van der Waals surface area (Å²) in [6.45, 7) is 2.32. The van der Waals surface area contributed by atoms with Crippen molar-refractivity contribution in [2.75, 3.05) is 19.3 Å². The Balaban J connectivity index is 2.06. The Morgan fingerprint density at radius 2 is 2.62 bits per heavy atom. The summed E-state index contributed by atoms with van der Waals surface area (Å²) in [5.74, 6) is 0. The molecular formula is C5H12N2S. The lowest BCUT2D eigenvalue weighted by molar-refractivity contribution is 0.694. The number of rotatable bonds is 2. The lowest BCUT2D eigenvalue weighted by atomic mass is 10.3. The molecule has 8 heavy (non-hydrogen) atoms. The van der Waals surface area contributed by atoms with Gasteiger partial charge in [-0.15, -0.1) is 0 Å². The molecule has 0 aliphatic carbocycles. The van der Waals surface area contributed by atoms with E-state index in [0.29, 0.717) is 6.04 Å². The number of hydrogen-bond donors (Lipinski definition) is 2. The molecular weight excluding hydrogens is 120 g/mol. The normalized spacial score (nSPS) is 28.9. The van der Waals surface area contributed by atoms with E-state index < -0.39 is 0 Å². The standard InChI is InChI=1S/C5H12N2S/c1-8-7-5-2-3-6-4-5/h5-7H,2-4H2,1H3/t5-/m0/s1. The number of hydrogen-bond acceptors (Lipinski definition) is 3. The second-order valence-corrected chi connectivity index (χ2v) is 2.66. The van der Waals surface area contributed by atoms with Crippen LogP contribution in [0.25, 0.3) is 0 Å². The van der Waals surface area contributed by atoms with Crippen molar-refractivity contribution in [1.29, 1.82) is 0 Å². The van der Waals surface area contributed by atoms with E-state index in [1.165, 1.54) is 13.0 Å². The maximum absolute atomic E-state index is 3.30. The summed E-state index contributed by atoms with van der Waals surface area (Å²) in [7, 11) is 0. The molecule has 1 atom stereocenters.